The normalized spacial score (nSPS) is 26.2. The van der Waals surface area contributed by atoms with Crippen LogP contribution in [0.25, 0.3) is 0 Å². The van der Waals surface area contributed by atoms with Gasteiger partial charge in [-0.25, -0.2) is 0 Å². The molecule has 1 aromatic rings. The Kier molecular flexibility index (Phi) is 4.60. The Labute approximate surface area is 108 Å². The Balaban J connectivity index is 1.92. The summed E-state index contributed by atoms with van der Waals surface area (Å²) in [5.74, 6) is 0. The van der Waals surface area contributed by atoms with Crippen molar-refractivity contribution in [1.82, 2.24) is 5.32 Å². The Morgan fingerprint density at radius 3 is 3.06 bits per heavy atom. The highest BCUT2D eigenvalue weighted by molar-refractivity contribution is 7.07. The second-order valence-electron chi connectivity index (χ2n) is 5.05. The lowest BCUT2D eigenvalue weighted by atomic mass is 9.89. The molecule has 17 heavy (non-hydrogen) atoms. The lowest BCUT2D eigenvalue weighted by molar-refractivity contribution is -0.0133. The third kappa shape index (κ3) is 3.30. The van der Waals surface area contributed by atoms with Crippen molar-refractivity contribution >= 4 is 11.3 Å². The minimum Gasteiger partial charge on any atom is -0.374 e. The van der Waals surface area contributed by atoms with E-state index in [0.29, 0.717) is 6.04 Å². The first kappa shape index (κ1) is 13.1. The highest BCUT2D eigenvalue weighted by Gasteiger charge is 2.37. The minimum absolute atomic E-state index is 0.0477. The SMILES string of the molecule is CCNC(CCc1ccsc1)C1(C)CCCO1. The minimum atomic E-state index is 0.0477. The Hall–Kier alpha value is -0.380. The van der Waals surface area contributed by atoms with Crippen molar-refractivity contribution in [2.45, 2.75) is 51.2 Å². The van der Waals surface area contributed by atoms with Gasteiger partial charge in [-0.1, -0.05) is 6.92 Å². The summed E-state index contributed by atoms with van der Waals surface area (Å²) in [6.07, 6.45) is 4.71. The summed E-state index contributed by atoms with van der Waals surface area (Å²) in [6.45, 7) is 6.39. The van der Waals surface area contributed by atoms with Gasteiger partial charge in [0, 0.05) is 12.6 Å². The molecular weight excluding hydrogens is 230 g/mol. The molecule has 1 aromatic heterocycles. The van der Waals surface area contributed by atoms with Gasteiger partial charge < -0.3 is 10.1 Å². The fourth-order valence-corrected chi connectivity index (χ4v) is 3.39. The van der Waals surface area contributed by atoms with Crippen LogP contribution in [0.15, 0.2) is 16.8 Å². The molecule has 2 nitrogen and oxygen atoms in total. The second kappa shape index (κ2) is 5.98. The molecule has 1 fully saturated rings. The molecule has 1 saturated heterocycles. The van der Waals surface area contributed by atoms with Gasteiger partial charge in [0.1, 0.15) is 0 Å². The highest BCUT2D eigenvalue weighted by Crippen LogP contribution is 2.30. The van der Waals surface area contributed by atoms with E-state index in [1.807, 2.05) is 0 Å². The molecule has 2 heterocycles. The molecule has 1 aliphatic rings. The van der Waals surface area contributed by atoms with Gasteiger partial charge in [-0.3, -0.25) is 0 Å². The van der Waals surface area contributed by atoms with Crippen LogP contribution in [0.4, 0.5) is 0 Å². The molecule has 0 spiro atoms. The van der Waals surface area contributed by atoms with Crippen molar-refractivity contribution in [2.75, 3.05) is 13.2 Å². The maximum Gasteiger partial charge on any atom is 0.0807 e. The summed E-state index contributed by atoms with van der Waals surface area (Å²) in [6, 6.07) is 2.71. The maximum atomic E-state index is 5.97. The van der Waals surface area contributed by atoms with Gasteiger partial charge in [-0.05, 0) is 61.5 Å². The van der Waals surface area contributed by atoms with Gasteiger partial charge in [0.25, 0.3) is 0 Å². The predicted molar refractivity (Wildman–Crippen MR) is 73.7 cm³/mol. The van der Waals surface area contributed by atoms with E-state index in [2.05, 4.69) is 36.0 Å². The number of hydrogen-bond donors (Lipinski definition) is 1. The number of ether oxygens (including phenoxy) is 1. The van der Waals surface area contributed by atoms with Crippen LogP contribution in [0.5, 0.6) is 0 Å². The molecular formula is C14H23NOS. The van der Waals surface area contributed by atoms with Gasteiger partial charge in [0.05, 0.1) is 5.60 Å². The van der Waals surface area contributed by atoms with Crippen molar-refractivity contribution in [3.05, 3.63) is 22.4 Å². The van der Waals surface area contributed by atoms with Crippen molar-refractivity contribution < 1.29 is 4.74 Å². The Morgan fingerprint density at radius 1 is 1.59 bits per heavy atom. The lowest BCUT2D eigenvalue weighted by Gasteiger charge is -2.34. The van der Waals surface area contributed by atoms with E-state index in [1.165, 1.54) is 24.8 Å². The zero-order valence-corrected chi connectivity index (χ0v) is 11.7. The van der Waals surface area contributed by atoms with Gasteiger partial charge in [-0.2, -0.15) is 11.3 Å². The fraction of sp³-hybridized carbons (Fsp3) is 0.714. The van der Waals surface area contributed by atoms with E-state index in [1.54, 1.807) is 11.3 Å². The van der Waals surface area contributed by atoms with Gasteiger partial charge in [0.15, 0.2) is 0 Å². The third-order valence-corrected chi connectivity index (χ3v) is 4.47. The number of hydrogen-bond acceptors (Lipinski definition) is 3. The molecule has 0 amide bonds. The van der Waals surface area contributed by atoms with Gasteiger partial charge >= 0.3 is 0 Å². The molecule has 0 aromatic carbocycles. The number of aryl methyl sites for hydroxylation is 1. The molecule has 2 rings (SSSR count). The summed E-state index contributed by atoms with van der Waals surface area (Å²) in [7, 11) is 0. The molecule has 1 N–H and O–H groups in total. The average Bonchev–Trinajstić information content (AvgIpc) is 2.96. The summed E-state index contributed by atoms with van der Waals surface area (Å²) < 4.78 is 5.97. The van der Waals surface area contributed by atoms with Crippen molar-refractivity contribution in [2.24, 2.45) is 0 Å². The zero-order valence-electron chi connectivity index (χ0n) is 10.9. The van der Waals surface area contributed by atoms with Crippen LogP contribution in [0, 0.1) is 0 Å². The van der Waals surface area contributed by atoms with Crippen molar-refractivity contribution in [3.63, 3.8) is 0 Å². The van der Waals surface area contributed by atoms with Crippen LogP contribution in [0.1, 0.15) is 38.7 Å². The van der Waals surface area contributed by atoms with Crippen molar-refractivity contribution in [1.29, 1.82) is 0 Å². The molecule has 0 bridgehead atoms. The first-order valence-corrected chi connectivity index (χ1v) is 7.57. The molecule has 0 radical (unpaired) electrons. The van der Waals surface area contributed by atoms with E-state index in [4.69, 9.17) is 4.74 Å². The number of nitrogens with one attached hydrogen (secondary N) is 1. The lowest BCUT2D eigenvalue weighted by Crippen LogP contribution is -2.48. The monoisotopic (exact) mass is 253 g/mol. The number of rotatable bonds is 6. The summed E-state index contributed by atoms with van der Waals surface area (Å²) in [4.78, 5) is 0. The average molecular weight is 253 g/mol. The summed E-state index contributed by atoms with van der Waals surface area (Å²) in [5, 5.41) is 8.01. The van der Waals surface area contributed by atoms with Crippen LogP contribution < -0.4 is 5.32 Å². The first-order valence-electron chi connectivity index (χ1n) is 6.63. The molecule has 0 aliphatic carbocycles. The second-order valence-corrected chi connectivity index (χ2v) is 5.83. The van der Waals surface area contributed by atoms with E-state index < -0.39 is 0 Å². The van der Waals surface area contributed by atoms with Crippen LogP contribution in [0.2, 0.25) is 0 Å². The van der Waals surface area contributed by atoms with E-state index >= 15 is 0 Å². The van der Waals surface area contributed by atoms with E-state index in [0.717, 1.165) is 19.6 Å². The van der Waals surface area contributed by atoms with Crippen LogP contribution in [-0.4, -0.2) is 24.8 Å². The number of likely N-dealkylation sites (N-methyl/N-ethyl adjacent to an activating group) is 1. The smallest absolute Gasteiger partial charge is 0.0807 e. The molecule has 0 saturated carbocycles. The van der Waals surface area contributed by atoms with Gasteiger partial charge in [0.2, 0.25) is 0 Å². The van der Waals surface area contributed by atoms with Crippen LogP contribution in [0.3, 0.4) is 0 Å². The molecule has 96 valence electrons. The Bertz CT molecular complexity index is 317. The molecule has 2 unspecified atom stereocenters. The van der Waals surface area contributed by atoms with E-state index in [9.17, 15) is 0 Å². The summed E-state index contributed by atoms with van der Waals surface area (Å²) >= 11 is 1.78. The largest absolute Gasteiger partial charge is 0.374 e. The molecule has 3 heteroatoms. The predicted octanol–water partition coefficient (Wildman–Crippen LogP) is 3.23. The third-order valence-electron chi connectivity index (χ3n) is 3.74. The topological polar surface area (TPSA) is 21.3 Å². The molecule has 1 aliphatic heterocycles. The van der Waals surface area contributed by atoms with Crippen LogP contribution >= 0.6 is 11.3 Å². The first-order chi connectivity index (χ1) is 8.24. The quantitative estimate of drug-likeness (QED) is 0.840. The highest BCUT2D eigenvalue weighted by atomic mass is 32.1. The summed E-state index contributed by atoms with van der Waals surface area (Å²) in [5.41, 5.74) is 1.51. The van der Waals surface area contributed by atoms with Gasteiger partial charge in [-0.15, -0.1) is 0 Å². The zero-order chi connectivity index (χ0) is 12.1. The van der Waals surface area contributed by atoms with Crippen LogP contribution in [-0.2, 0) is 11.2 Å². The van der Waals surface area contributed by atoms with E-state index in [-0.39, 0.29) is 5.60 Å². The molecule has 2 atom stereocenters. The standard InChI is InChI=1S/C14H23NOS/c1-3-15-13(14(2)8-4-9-16-14)6-5-12-7-10-17-11-12/h7,10-11,13,15H,3-6,8-9H2,1-2H3. The number of thiophene rings is 1. The maximum absolute atomic E-state index is 5.97. The Morgan fingerprint density at radius 2 is 2.47 bits per heavy atom. The van der Waals surface area contributed by atoms with Crippen molar-refractivity contribution in [3.8, 4) is 0 Å². The fourth-order valence-electron chi connectivity index (χ4n) is 2.69.